The number of alkyl halides is 1. The van der Waals surface area contributed by atoms with Crippen molar-refractivity contribution in [2.24, 2.45) is 15.4 Å². The lowest BCUT2D eigenvalue weighted by atomic mass is 9.80. The normalized spacial score (nSPS) is 22.5. The molecule has 0 fully saturated rings. The minimum Gasteiger partial charge on any atom is -0.510 e. The van der Waals surface area contributed by atoms with Crippen LogP contribution in [0.1, 0.15) is 18.4 Å². The van der Waals surface area contributed by atoms with Gasteiger partial charge in [-0.05, 0) is 17.2 Å². The number of nitrogens with zero attached hydrogens (tertiary/aromatic N) is 3. The number of ether oxygens (including phenoxy) is 1. The van der Waals surface area contributed by atoms with Crippen LogP contribution >= 0.6 is 11.6 Å². The molecule has 0 spiro atoms. The Hall–Kier alpha value is -2.47. The van der Waals surface area contributed by atoms with Crippen molar-refractivity contribution in [2.75, 3.05) is 7.11 Å². The van der Waals surface area contributed by atoms with E-state index in [4.69, 9.17) is 11.6 Å². The van der Waals surface area contributed by atoms with Crippen LogP contribution in [0.15, 0.2) is 63.3 Å². The zero-order chi connectivity index (χ0) is 16.4. The molecule has 1 aliphatic carbocycles. The van der Waals surface area contributed by atoms with Crippen LogP contribution in [-0.2, 0) is 9.53 Å². The molecule has 118 valence electrons. The molecule has 23 heavy (non-hydrogen) atoms. The number of methoxy groups -OCH3 is 1. The van der Waals surface area contributed by atoms with Gasteiger partial charge in [0.25, 0.3) is 0 Å². The SMILES string of the molecule is COC(=O)CCC1(Cl)C(O)=CC2=NN=NC2=C1c1ccccc1. The smallest absolute Gasteiger partial charge is 0.305 e. The Bertz CT molecular complexity index is 768. The van der Waals surface area contributed by atoms with Gasteiger partial charge in [-0.15, -0.1) is 21.8 Å². The second-order valence-electron chi connectivity index (χ2n) is 5.17. The van der Waals surface area contributed by atoms with E-state index in [1.54, 1.807) is 0 Å². The van der Waals surface area contributed by atoms with Gasteiger partial charge in [0, 0.05) is 18.1 Å². The number of halogens is 1. The van der Waals surface area contributed by atoms with E-state index in [1.807, 2.05) is 30.3 Å². The third-order valence-electron chi connectivity index (χ3n) is 3.82. The Morgan fingerprint density at radius 2 is 2.09 bits per heavy atom. The molecule has 7 heteroatoms. The Kier molecular flexibility index (Phi) is 4.00. The molecule has 0 saturated heterocycles. The minimum atomic E-state index is -1.28. The van der Waals surface area contributed by atoms with Gasteiger partial charge >= 0.3 is 5.97 Å². The zero-order valence-electron chi connectivity index (χ0n) is 12.4. The number of aliphatic hydroxyl groups excluding tert-OH is 1. The first-order chi connectivity index (χ1) is 11.1. The van der Waals surface area contributed by atoms with Crippen LogP contribution in [0.5, 0.6) is 0 Å². The van der Waals surface area contributed by atoms with Crippen LogP contribution in [0, 0.1) is 0 Å². The molecule has 1 N–H and O–H groups in total. The fourth-order valence-corrected chi connectivity index (χ4v) is 3.00. The van der Waals surface area contributed by atoms with E-state index >= 15 is 0 Å². The maximum atomic E-state index is 11.5. The standard InChI is InChI=1S/C16H14ClN3O3/c1-23-13(22)7-8-16(17)12(21)9-11-15(19-20-18-11)14(16)10-5-3-2-4-6-10/h2-6,9,21H,7-8H2,1H3. The van der Waals surface area contributed by atoms with Crippen molar-refractivity contribution in [1.29, 1.82) is 0 Å². The monoisotopic (exact) mass is 331 g/mol. The van der Waals surface area contributed by atoms with E-state index in [-0.39, 0.29) is 18.6 Å². The molecule has 1 atom stereocenters. The molecule has 1 heterocycles. The van der Waals surface area contributed by atoms with E-state index in [0.717, 1.165) is 5.56 Å². The maximum absolute atomic E-state index is 11.5. The lowest BCUT2D eigenvalue weighted by Crippen LogP contribution is -2.32. The van der Waals surface area contributed by atoms with Crippen LogP contribution in [0.3, 0.4) is 0 Å². The van der Waals surface area contributed by atoms with Crippen molar-refractivity contribution in [3.63, 3.8) is 0 Å². The molecule has 0 bridgehead atoms. The molecule has 0 aromatic heterocycles. The van der Waals surface area contributed by atoms with Gasteiger partial charge < -0.3 is 9.84 Å². The minimum absolute atomic E-state index is 0.0606. The predicted molar refractivity (Wildman–Crippen MR) is 86.2 cm³/mol. The number of carbonyl (C=O) groups excluding carboxylic acids is 1. The number of fused-ring (bicyclic) bond motifs is 1. The molecule has 6 nitrogen and oxygen atoms in total. The summed E-state index contributed by atoms with van der Waals surface area (Å²) in [6.45, 7) is 0. The van der Waals surface area contributed by atoms with Gasteiger partial charge in [-0.2, -0.15) is 0 Å². The Balaban J connectivity index is 2.10. The summed E-state index contributed by atoms with van der Waals surface area (Å²) in [7, 11) is 1.31. The van der Waals surface area contributed by atoms with Crippen molar-refractivity contribution >= 4 is 28.9 Å². The predicted octanol–water partition coefficient (Wildman–Crippen LogP) is 3.61. The average molecular weight is 332 g/mol. The van der Waals surface area contributed by atoms with Gasteiger partial charge in [0.1, 0.15) is 22.0 Å². The van der Waals surface area contributed by atoms with Crippen molar-refractivity contribution < 1.29 is 14.6 Å². The van der Waals surface area contributed by atoms with Gasteiger partial charge in [0.15, 0.2) is 0 Å². The zero-order valence-corrected chi connectivity index (χ0v) is 13.1. The fraction of sp³-hybridized carbons (Fsp3) is 0.250. The summed E-state index contributed by atoms with van der Waals surface area (Å²) in [5, 5.41) is 22.1. The van der Waals surface area contributed by atoms with E-state index in [1.165, 1.54) is 13.2 Å². The summed E-state index contributed by atoms with van der Waals surface area (Å²) in [4.78, 5) is 10.2. The highest BCUT2D eigenvalue weighted by Crippen LogP contribution is 2.47. The lowest BCUT2D eigenvalue weighted by Gasteiger charge is -2.32. The summed E-state index contributed by atoms with van der Waals surface area (Å²) in [5.74, 6) is -0.487. The second-order valence-corrected chi connectivity index (χ2v) is 5.82. The van der Waals surface area contributed by atoms with Gasteiger partial charge in [-0.25, -0.2) is 0 Å². The molecule has 1 aromatic carbocycles. The number of allylic oxidation sites excluding steroid dienone is 2. The molecule has 1 aliphatic heterocycles. The van der Waals surface area contributed by atoms with Crippen LogP contribution in [0.4, 0.5) is 0 Å². The van der Waals surface area contributed by atoms with Gasteiger partial charge in [-0.1, -0.05) is 30.3 Å². The van der Waals surface area contributed by atoms with Crippen molar-refractivity contribution in [3.8, 4) is 0 Å². The van der Waals surface area contributed by atoms with Crippen molar-refractivity contribution in [3.05, 3.63) is 53.4 Å². The number of hydrogen-bond acceptors (Lipinski definition) is 6. The van der Waals surface area contributed by atoms with E-state index in [9.17, 15) is 9.90 Å². The Morgan fingerprint density at radius 3 is 2.78 bits per heavy atom. The largest absolute Gasteiger partial charge is 0.510 e. The van der Waals surface area contributed by atoms with Crippen LogP contribution in [0.2, 0.25) is 0 Å². The average Bonchev–Trinajstić information content (AvgIpc) is 3.01. The summed E-state index contributed by atoms with van der Waals surface area (Å²) in [6, 6.07) is 9.32. The molecule has 1 unspecified atom stereocenters. The lowest BCUT2D eigenvalue weighted by molar-refractivity contribution is -0.140. The highest BCUT2D eigenvalue weighted by molar-refractivity contribution is 6.36. The number of esters is 1. The Labute approximate surface area is 137 Å². The highest BCUT2D eigenvalue weighted by atomic mass is 35.5. The molecule has 2 aliphatic rings. The van der Waals surface area contributed by atoms with E-state index in [0.29, 0.717) is 17.0 Å². The van der Waals surface area contributed by atoms with Gasteiger partial charge in [-0.3, -0.25) is 4.79 Å². The summed E-state index contributed by atoms with van der Waals surface area (Å²) in [5.41, 5.74) is 2.34. The number of benzene rings is 1. The van der Waals surface area contributed by atoms with Gasteiger partial charge in [0.05, 0.1) is 7.11 Å². The summed E-state index contributed by atoms with van der Waals surface area (Å²) >= 11 is 6.75. The third-order valence-corrected chi connectivity index (χ3v) is 4.39. The first-order valence-corrected chi connectivity index (χ1v) is 7.40. The second kappa shape index (κ2) is 5.96. The van der Waals surface area contributed by atoms with E-state index in [2.05, 4.69) is 20.2 Å². The highest BCUT2D eigenvalue weighted by Gasteiger charge is 2.44. The molecular formula is C16H14ClN3O3. The summed E-state index contributed by atoms with van der Waals surface area (Å²) < 4.78 is 4.67. The third kappa shape index (κ3) is 2.66. The van der Waals surface area contributed by atoms with Crippen molar-refractivity contribution in [1.82, 2.24) is 0 Å². The maximum Gasteiger partial charge on any atom is 0.305 e. The number of aliphatic hydroxyl groups is 1. The van der Waals surface area contributed by atoms with Crippen LogP contribution in [0.25, 0.3) is 5.57 Å². The first-order valence-electron chi connectivity index (χ1n) is 7.02. The van der Waals surface area contributed by atoms with Crippen LogP contribution in [-0.4, -0.2) is 28.8 Å². The van der Waals surface area contributed by atoms with Crippen LogP contribution < -0.4 is 0 Å². The van der Waals surface area contributed by atoms with Gasteiger partial charge in [0.2, 0.25) is 0 Å². The first kappa shape index (κ1) is 15.4. The molecular weight excluding hydrogens is 318 g/mol. The molecule has 3 rings (SSSR count). The number of rotatable bonds is 4. The molecule has 0 saturated carbocycles. The number of hydrogen-bond donors (Lipinski definition) is 1. The molecule has 0 amide bonds. The molecule has 0 radical (unpaired) electrons. The molecule has 1 aromatic rings. The number of carbonyl (C=O) groups is 1. The topological polar surface area (TPSA) is 83.6 Å². The summed E-state index contributed by atoms with van der Waals surface area (Å²) in [6.07, 6.45) is 1.66. The van der Waals surface area contributed by atoms with Crippen molar-refractivity contribution in [2.45, 2.75) is 17.7 Å². The fourth-order valence-electron chi connectivity index (χ4n) is 2.65. The Morgan fingerprint density at radius 1 is 1.35 bits per heavy atom. The quantitative estimate of drug-likeness (QED) is 0.675. The van der Waals surface area contributed by atoms with E-state index < -0.39 is 10.8 Å².